The van der Waals surface area contributed by atoms with Gasteiger partial charge in [-0.1, -0.05) is 0 Å². The molecular formula is C8H19N3O2S. The lowest BCUT2D eigenvalue weighted by Gasteiger charge is -2.31. The van der Waals surface area contributed by atoms with Crippen LogP contribution in [0.2, 0.25) is 0 Å². The minimum atomic E-state index is -3.27. The molecule has 84 valence electrons. The first-order valence-electron chi connectivity index (χ1n) is 4.92. The van der Waals surface area contributed by atoms with Gasteiger partial charge in [-0.15, -0.1) is 0 Å². The molecule has 1 saturated heterocycles. The number of nitrogens with zero attached hydrogens (tertiary/aromatic N) is 1. The summed E-state index contributed by atoms with van der Waals surface area (Å²) in [6, 6.07) is 0.178. The molecule has 1 aliphatic heterocycles. The highest BCUT2D eigenvalue weighted by atomic mass is 32.2. The van der Waals surface area contributed by atoms with Crippen LogP contribution in [0.1, 0.15) is 20.8 Å². The predicted octanol–water partition coefficient (Wildman–Crippen LogP) is -0.477. The van der Waals surface area contributed by atoms with Gasteiger partial charge in [0.05, 0.1) is 0 Å². The number of piperazine rings is 1. The Labute approximate surface area is 86.0 Å². The molecule has 0 radical (unpaired) electrons. The van der Waals surface area contributed by atoms with Crippen molar-refractivity contribution in [3.05, 3.63) is 0 Å². The van der Waals surface area contributed by atoms with Crippen LogP contribution in [0.4, 0.5) is 0 Å². The third-order valence-electron chi connectivity index (χ3n) is 2.06. The summed E-state index contributed by atoms with van der Waals surface area (Å²) in [5, 5.41) is 3.20. The van der Waals surface area contributed by atoms with Crippen molar-refractivity contribution in [2.45, 2.75) is 32.9 Å². The third-order valence-corrected chi connectivity index (χ3v) is 3.84. The van der Waals surface area contributed by atoms with E-state index in [4.69, 9.17) is 0 Å². The van der Waals surface area contributed by atoms with Crippen molar-refractivity contribution in [3.8, 4) is 0 Å². The second-order valence-corrected chi connectivity index (χ2v) is 5.69. The zero-order chi connectivity index (χ0) is 10.8. The molecule has 0 spiro atoms. The fourth-order valence-electron chi connectivity index (χ4n) is 1.49. The zero-order valence-corrected chi connectivity index (χ0v) is 9.76. The van der Waals surface area contributed by atoms with Crippen LogP contribution in [-0.4, -0.2) is 44.4 Å². The summed E-state index contributed by atoms with van der Waals surface area (Å²) in [5.74, 6) is 0. The van der Waals surface area contributed by atoms with Gasteiger partial charge in [0, 0.05) is 31.7 Å². The molecule has 2 N–H and O–H groups in total. The maximum absolute atomic E-state index is 11.7. The molecule has 0 saturated carbocycles. The molecule has 0 aliphatic carbocycles. The standard InChI is InChI=1S/C8H19N3O2S/c1-7(2)10-14(12,13)11-5-4-9-8(3)6-11/h7-10H,4-6H2,1-3H3. The van der Waals surface area contributed by atoms with Gasteiger partial charge in [0.15, 0.2) is 0 Å². The van der Waals surface area contributed by atoms with Crippen LogP contribution in [0.3, 0.4) is 0 Å². The molecule has 6 heteroatoms. The average molecular weight is 221 g/mol. The van der Waals surface area contributed by atoms with Crippen molar-refractivity contribution in [1.29, 1.82) is 0 Å². The Kier molecular flexibility index (Phi) is 3.88. The van der Waals surface area contributed by atoms with E-state index >= 15 is 0 Å². The van der Waals surface area contributed by atoms with Gasteiger partial charge in [0.25, 0.3) is 10.2 Å². The molecule has 1 unspecified atom stereocenters. The highest BCUT2D eigenvalue weighted by molar-refractivity contribution is 7.87. The highest BCUT2D eigenvalue weighted by Crippen LogP contribution is 2.04. The number of hydrogen-bond acceptors (Lipinski definition) is 3. The van der Waals surface area contributed by atoms with E-state index in [1.54, 1.807) is 0 Å². The smallest absolute Gasteiger partial charge is 0.279 e. The van der Waals surface area contributed by atoms with Gasteiger partial charge in [0.2, 0.25) is 0 Å². The topological polar surface area (TPSA) is 61.4 Å². The van der Waals surface area contributed by atoms with Crippen molar-refractivity contribution >= 4 is 10.2 Å². The lowest BCUT2D eigenvalue weighted by molar-refractivity contribution is 0.305. The fourth-order valence-corrected chi connectivity index (χ4v) is 2.98. The molecule has 1 aliphatic rings. The van der Waals surface area contributed by atoms with E-state index in [-0.39, 0.29) is 12.1 Å². The Balaban J connectivity index is 2.62. The van der Waals surface area contributed by atoms with Gasteiger partial charge in [-0.2, -0.15) is 17.4 Å². The van der Waals surface area contributed by atoms with Gasteiger partial charge < -0.3 is 5.32 Å². The van der Waals surface area contributed by atoms with Crippen LogP contribution in [-0.2, 0) is 10.2 Å². The molecule has 14 heavy (non-hydrogen) atoms. The Hall–Kier alpha value is -0.170. The zero-order valence-electron chi connectivity index (χ0n) is 8.95. The SMILES string of the molecule is CC(C)NS(=O)(=O)N1CCNC(C)C1. The fraction of sp³-hybridized carbons (Fsp3) is 1.00. The Morgan fingerprint density at radius 1 is 1.50 bits per heavy atom. The first-order valence-corrected chi connectivity index (χ1v) is 6.36. The van der Waals surface area contributed by atoms with E-state index in [1.165, 1.54) is 4.31 Å². The van der Waals surface area contributed by atoms with Crippen molar-refractivity contribution < 1.29 is 8.42 Å². The average Bonchev–Trinajstić information content (AvgIpc) is 2.01. The monoisotopic (exact) mass is 221 g/mol. The van der Waals surface area contributed by atoms with E-state index in [0.717, 1.165) is 6.54 Å². The minimum Gasteiger partial charge on any atom is -0.312 e. The number of hydrogen-bond donors (Lipinski definition) is 2. The van der Waals surface area contributed by atoms with Crippen LogP contribution in [0.15, 0.2) is 0 Å². The predicted molar refractivity (Wildman–Crippen MR) is 56.2 cm³/mol. The summed E-state index contributed by atoms with van der Waals surface area (Å²) in [5.41, 5.74) is 0. The van der Waals surface area contributed by atoms with Crippen LogP contribution in [0, 0.1) is 0 Å². The Morgan fingerprint density at radius 2 is 2.14 bits per heavy atom. The molecular weight excluding hydrogens is 202 g/mol. The van der Waals surface area contributed by atoms with Crippen molar-refractivity contribution in [3.63, 3.8) is 0 Å². The summed E-state index contributed by atoms with van der Waals surface area (Å²) < 4.78 is 27.5. The molecule has 1 fully saturated rings. The van der Waals surface area contributed by atoms with Gasteiger partial charge in [-0.05, 0) is 20.8 Å². The quantitative estimate of drug-likeness (QED) is 0.677. The van der Waals surface area contributed by atoms with Crippen LogP contribution in [0.5, 0.6) is 0 Å². The molecule has 1 heterocycles. The lowest BCUT2D eigenvalue weighted by atomic mass is 10.3. The molecule has 1 atom stereocenters. The first-order chi connectivity index (χ1) is 6.42. The van der Waals surface area contributed by atoms with Crippen LogP contribution in [0.25, 0.3) is 0 Å². The largest absolute Gasteiger partial charge is 0.312 e. The molecule has 0 aromatic carbocycles. The van der Waals surface area contributed by atoms with Crippen molar-refractivity contribution in [2.24, 2.45) is 0 Å². The van der Waals surface area contributed by atoms with E-state index in [2.05, 4.69) is 10.0 Å². The second-order valence-electron chi connectivity index (χ2n) is 3.99. The van der Waals surface area contributed by atoms with Gasteiger partial charge in [-0.3, -0.25) is 0 Å². The summed E-state index contributed by atoms with van der Waals surface area (Å²) in [6.45, 7) is 7.44. The number of rotatable bonds is 3. The molecule has 0 bridgehead atoms. The molecule has 1 rings (SSSR count). The molecule has 0 aromatic rings. The van der Waals surface area contributed by atoms with Crippen LogP contribution >= 0.6 is 0 Å². The highest BCUT2D eigenvalue weighted by Gasteiger charge is 2.26. The lowest BCUT2D eigenvalue weighted by Crippen LogP contribution is -2.55. The van der Waals surface area contributed by atoms with Crippen molar-refractivity contribution in [1.82, 2.24) is 14.3 Å². The molecule has 0 amide bonds. The maximum Gasteiger partial charge on any atom is 0.279 e. The Bertz CT molecular complexity index is 276. The first kappa shape index (κ1) is 11.9. The van der Waals surface area contributed by atoms with E-state index < -0.39 is 10.2 Å². The minimum absolute atomic E-state index is 0.0507. The molecule has 5 nitrogen and oxygen atoms in total. The van der Waals surface area contributed by atoms with Gasteiger partial charge in [-0.25, -0.2) is 0 Å². The van der Waals surface area contributed by atoms with Crippen molar-refractivity contribution in [2.75, 3.05) is 19.6 Å². The molecule has 0 aromatic heterocycles. The maximum atomic E-state index is 11.7. The Morgan fingerprint density at radius 3 is 2.64 bits per heavy atom. The third kappa shape index (κ3) is 3.20. The second kappa shape index (κ2) is 4.57. The van der Waals surface area contributed by atoms with E-state index in [1.807, 2.05) is 20.8 Å². The van der Waals surface area contributed by atoms with E-state index in [9.17, 15) is 8.42 Å². The summed E-state index contributed by atoms with van der Waals surface area (Å²) in [6.07, 6.45) is 0. The summed E-state index contributed by atoms with van der Waals surface area (Å²) >= 11 is 0. The van der Waals surface area contributed by atoms with Crippen LogP contribution < -0.4 is 10.0 Å². The summed E-state index contributed by atoms with van der Waals surface area (Å²) in [4.78, 5) is 0. The van der Waals surface area contributed by atoms with E-state index in [0.29, 0.717) is 13.1 Å². The number of nitrogens with one attached hydrogen (secondary N) is 2. The van der Waals surface area contributed by atoms with Gasteiger partial charge >= 0.3 is 0 Å². The normalized spacial score (nSPS) is 25.6. The van der Waals surface area contributed by atoms with Gasteiger partial charge in [0.1, 0.15) is 0 Å². The summed E-state index contributed by atoms with van der Waals surface area (Å²) in [7, 11) is -3.27.